The molecule has 258 valence electrons. The quantitative estimate of drug-likeness (QED) is 0.263. The summed E-state index contributed by atoms with van der Waals surface area (Å²) in [6.07, 6.45) is 14.1. The van der Waals surface area contributed by atoms with Gasteiger partial charge in [-0.1, -0.05) is 17.3 Å². The third-order valence-electron chi connectivity index (χ3n) is 10.9. The number of hydrazine groups is 1. The number of nitrogens with zero attached hydrogens (tertiary/aromatic N) is 7. The van der Waals surface area contributed by atoms with Gasteiger partial charge in [-0.2, -0.15) is 0 Å². The van der Waals surface area contributed by atoms with Gasteiger partial charge < -0.3 is 35.3 Å². The number of ether oxygens (including phenoxy) is 1. The first kappa shape index (κ1) is 32.8. The molecule has 0 spiro atoms. The maximum atomic E-state index is 6.76. The summed E-state index contributed by atoms with van der Waals surface area (Å²) in [6.45, 7) is 18.2. The van der Waals surface area contributed by atoms with E-state index in [0.29, 0.717) is 6.10 Å². The van der Waals surface area contributed by atoms with Gasteiger partial charge in [-0.15, -0.1) is 0 Å². The summed E-state index contributed by atoms with van der Waals surface area (Å²) in [6, 6.07) is 0. The second-order valence-electron chi connectivity index (χ2n) is 13.7. The third kappa shape index (κ3) is 7.29. The number of hydrogen-bond acceptors (Lipinski definition) is 13. The fraction of sp³-hybridized carbons (Fsp3) is 0.818. The van der Waals surface area contributed by atoms with Crippen molar-refractivity contribution in [3.8, 4) is 0 Å². The molecule has 5 saturated heterocycles. The lowest BCUT2D eigenvalue weighted by molar-refractivity contribution is -0.296. The van der Waals surface area contributed by atoms with Crippen molar-refractivity contribution < 1.29 is 9.57 Å². The Morgan fingerprint density at radius 3 is 2.11 bits per heavy atom. The number of rotatable bonds is 7. The summed E-state index contributed by atoms with van der Waals surface area (Å²) in [4.78, 5) is 20.4. The van der Waals surface area contributed by atoms with Crippen LogP contribution in [0.3, 0.4) is 0 Å². The Kier molecular flexibility index (Phi) is 11.4. The highest BCUT2D eigenvalue weighted by Gasteiger charge is 2.45. The van der Waals surface area contributed by atoms with Crippen LogP contribution in [-0.4, -0.2) is 184 Å². The Labute approximate surface area is 276 Å². The summed E-state index contributed by atoms with van der Waals surface area (Å²) in [5, 5.41) is 19.5. The highest BCUT2D eigenvalue weighted by Crippen LogP contribution is 2.35. The van der Waals surface area contributed by atoms with Gasteiger partial charge in [0.1, 0.15) is 12.4 Å². The number of likely N-dealkylation sites (tertiary alicyclic amines) is 1. The van der Waals surface area contributed by atoms with Crippen molar-refractivity contribution in [2.75, 3.05) is 125 Å². The number of methoxy groups -OCH3 is 1. The standard InChI is InChI=1S/C33H59N11O2/c1-45-28-6-19-38(20-7-28)30-29(8-27-46-44(42-25-14-36-15-26-42)32(30)40-16-3-2-4-17-40)43-18-5-9-37-31(39-21-10-34-11-22-39)33(43)41-23-12-35-13-24-41/h2-3,8,27-28,31-37H,4-7,9-26H2,1H3. The maximum absolute atomic E-state index is 6.76. The van der Waals surface area contributed by atoms with E-state index < -0.39 is 0 Å². The van der Waals surface area contributed by atoms with Crippen LogP contribution >= 0.6 is 0 Å². The summed E-state index contributed by atoms with van der Waals surface area (Å²) < 4.78 is 5.88. The predicted molar refractivity (Wildman–Crippen MR) is 180 cm³/mol. The van der Waals surface area contributed by atoms with Crippen LogP contribution in [0.15, 0.2) is 35.9 Å². The van der Waals surface area contributed by atoms with Crippen LogP contribution < -0.4 is 21.3 Å². The number of piperazine rings is 3. The zero-order valence-corrected chi connectivity index (χ0v) is 28.1. The lowest BCUT2D eigenvalue weighted by Crippen LogP contribution is -2.68. The van der Waals surface area contributed by atoms with Crippen molar-refractivity contribution in [3.05, 3.63) is 35.9 Å². The van der Waals surface area contributed by atoms with Gasteiger partial charge in [0.2, 0.25) is 0 Å². The van der Waals surface area contributed by atoms with E-state index in [4.69, 9.17) is 9.57 Å². The lowest BCUT2D eigenvalue weighted by Gasteiger charge is -2.51. The first-order valence-electron chi connectivity index (χ1n) is 18.2. The summed E-state index contributed by atoms with van der Waals surface area (Å²) >= 11 is 0. The molecule has 5 fully saturated rings. The van der Waals surface area contributed by atoms with E-state index in [1.54, 1.807) is 0 Å². The van der Waals surface area contributed by atoms with Gasteiger partial charge in [0.25, 0.3) is 0 Å². The van der Waals surface area contributed by atoms with Crippen LogP contribution in [0.1, 0.15) is 25.7 Å². The normalized spacial score (nSPS) is 32.8. The number of piperidine rings is 1. The van der Waals surface area contributed by atoms with E-state index in [1.807, 2.05) is 13.4 Å². The molecule has 0 aromatic rings. The number of hydrogen-bond donors (Lipinski definition) is 4. The number of hydroxylamine groups is 1. The molecule has 0 aromatic carbocycles. The monoisotopic (exact) mass is 641 g/mol. The van der Waals surface area contributed by atoms with Crippen molar-refractivity contribution in [1.29, 1.82) is 0 Å². The van der Waals surface area contributed by atoms with Gasteiger partial charge in [-0.3, -0.25) is 20.0 Å². The fourth-order valence-electron chi connectivity index (χ4n) is 8.50. The van der Waals surface area contributed by atoms with E-state index in [0.717, 1.165) is 143 Å². The first-order valence-corrected chi connectivity index (χ1v) is 18.2. The van der Waals surface area contributed by atoms with E-state index >= 15 is 0 Å². The van der Waals surface area contributed by atoms with Crippen molar-refractivity contribution >= 4 is 0 Å². The van der Waals surface area contributed by atoms with Gasteiger partial charge in [-0.05, 0) is 32.2 Å². The summed E-state index contributed by atoms with van der Waals surface area (Å²) in [5.74, 6) is 0. The SMILES string of the molecule is COC1CCN(C2=C(N3CCCNC(N4CCNCC4)C3N3CCNCC3)C=CON(N3CCNCC3)C2N2CC=CCC2)CC1. The largest absolute Gasteiger partial charge is 0.397 e. The van der Waals surface area contributed by atoms with Gasteiger partial charge in [-0.25, -0.2) is 5.01 Å². The Balaban J connectivity index is 1.35. The molecule has 0 bridgehead atoms. The molecule has 13 heteroatoms. The second kappa shape index (κ2) is 16.1. The molecule has 7 aliphatic rings. The number of nitrogens with one attached hydrogen (secondary N) is 4. The molecule has 7 heterocycles. The number of allylic oxidation sites excluding steroid dienone is 1. The molecule has 13 nitrogen and oxygen atoms in total. The first-order chi connectivity index (χ1) is 22.8. The molecule has 0 saturated carbocycles. The van der Waals surface area contributed by atoms with Gasteiger partial charge in [0, 0.05) is 124 Å². The minimum absolute atomic E-state index is 0.0235. The predicted octanol–water partition coefficient (Wildman–Crippen LogP) is -0.764. The van der Waals surface area contributed by atoms with Crippen molar-refractivity contribution in [1.82, 2.24) is 55.9 Å². The molecule has 4 N–H and O–H groups in total. The van der Waals surface area contributed by atoms with Crippen LogP contribution in [-0.2, 0) is 9.57 Å². The Bertz CT molecular complexity index is 1050. The molecule has 3 atom stereocenters. The average molecular weight is 642 g/mol. The molecular formula is C33H59N11O2. The Morgan fingerprint density at radius 1 is 0.739 bits per heavy atom. The molecule has 0 amide bonds. The zero-order valence-electron chi connectivity index (χ0n) is 28.1. The van der Waals surface area contributed by atoms with E-state index in [1.165, 1.54) is 11.4 Å². The molecule has 7 rings (SSSR count). The second-order valence-corrected chi connectivity index (χ2v) is 13.7. The lowest BCUT2D eigenvalue weighted by atomic mass is 10.0. The summed E-state index contributed by atoms with van der Waals surface area (Å²) in [5.41, 5.74) is 2.73. The van der Waals surface area contributed by atoms with E-state index in [-0.39, 0.29) is 18.5 Å². The topological polar surface area (TPSA) is 89.3 Å². The van der Waals surface area contributed by atoms with Gasteiger partial charge >= 0.3 is 0 Å². The molecule has 3 unspecified atom stereocenters. The minimum Gasteiger partial charge on any atom is -0.397 e. The molecule has 7 aliphatic heterocycles. The molecule has 0 aliphatic carbocycles. The van der Waals surface area contributed by atoms with Crippen molar-refractivity contribution in [3.63, 3.8) is 0 Å². The highest BCUT2D eigenvalue weighted by atomic mass is 16.7. The van der Waals surface area contributed by atoms with E-state index in [9.17, 15) is 0 Å². The average Bonchev–Trinajstić information content (AvgIpc) is 3.48. The molecule has 0 aromatic heterocycles. The van der Waals surface area contributed by atoms with Crippen LogP contribution in [0.2, 0.25) is 0 Å². The van der Waals surface area contributed by atoms with Crippen LogP contribution in [0.4, 0.5) is 0 Å². The van der Waals surface area contributed by atoms with E-state index in [2.05, 4.69) is 74.2 Å². The molecule has 46 heavy (non-hydrogen) atoms. The Hall–Kier alpha value is -1.78. The zero-order chi connectivity index (χ0) is 31.1. The van der Waals surface area contributed by atoms with Gasteiger partial charge in [0.15, 0.2) is 6.17 Å². The van der Waals surface area contributed by atoms with Crippen molar-refractivity contribution in [2.24, 2.45) is 0 Å². The fourth-order valence-corrected chi connectivity index (χ4v) is 8.50. The van der Waals surface area contributed by atoms with Crippen molar-refractivity contribution in [2.45, 2.75) is 50.3 Å². The van der Waals surface area contributed by atoms with Crippen LogP contribution in [0.5, 0.6) is 0 Å². The highest BCUT2D eigenvalue weighted by molar-refractivity contribution is 5.30. The van der Waals surface area contributed by atoms with Crippen LogP contribution in [0.25, 0.3) is 0 Å². The smallest absolute Gasteiger partial charge is 0.157 e. The van der Waals surface area contributed by atoms with Crippen LogP contribution in [0, 0.1) is 0 Å². The Morgan fingerprint density at radius 2 is 1.43 bits per heavy atom. The third-order valence-corrected chi connectivity index (χ3v) is 10.9. The van der Waals surface area contributed by atoms with Gasteiger partial charge in [0.05, 0.1) is 23.7 Å². The summed E-state index contributed by atoms with van der Waals surface area (Å²) in [7, 11) is 1.88. The molecular weight excluding hydrogens is 582 g/mol. The maximum Gasteiger partial charge on any atom is 0.157 e. The minimum atomic E-state index is -0.0235. The molecule has 0 radical (unpaired) electrons.